The van der Waals surface area contributed by atoms with Gasteiger partial charge in [0.15, 0.2) is 0 Å². The molecule has 0 radical (unpaired) electrons. The molecular formula is C11H12Cl3N3O3. The maximum atomic E-state index is 11.6. The smallest absolute Gasteiger partial charge is 0.276 e. The van der Waals surface area contributed by atoms with Gasteiger partial charge < -0.3 is 21.1 Å². The molecule has 0 aliphatic heterocycles. The van der Waals surface area contributed by atoms with Crippen LogP contribution in [0.1, 0.15) is 0 Å². The molecule has 0 aromatic heterocycles. The Morgan fingerprint density at radius 3 is 2.40 bits per heavy atom. The lowest BCUT2D eigenvalue weighted by Crippen LogP contribution is -2.28. The van der Waals surface area contributed by atoms with Crippen LogP contribution in [0.5, 0.6) is 5.75 Å². The van der Waals surface area contributed by atoms with Crippen molar-refractivity contribution in [2.45, 2.75) is 3.79 Å². The highest BCUT2D eigenvalue weighted by Gasteiger charge is 2.31. The number of benzene rings is 1. The van der Waals surface area contributed by atoms with Crippen LogP contribution in [0.2, 0.25) is 0 Å². The fraction of sp³-hybridized carbons (Fsp3) is 0.273. The molecule has 0 aliphatic carbocycles. The Bertz CT molecular complexity index is 517. The van der Waals surface area contributed by atoms with Crippen molar-refractivity contribution in [3.05, 3.63) is 18.2 Å². The summed E-state index contributed by atoms with van der Waals surface area (Å²) in [5.74, 6) is -0.817. The van der Waals surface area contributed by atoms with E-state index >= 15 is 0 Å². The number of hydrogen-bond donors (Lipinski definition) is 3. The predicted octanol–water partition coefficient (Wildman–Crippen LogP) is 1.90. The van der Waals surface area contributed by atoms with Crippen LogP contribution in [0, 0.1) is 0 Å². The Labute approximate surface area is 130 Å². The zero-order valence-electron chi connectivity index (χ0n) is 10.4. The van der Waals surface area contributed by atoms with Gasteiger partial charge in [0, 0.05) is 6.07 Å². The number of rotatable bonds is 4. The molecule has 0 spiro atoms. The van der Waals surface area contributed by atoms with E-state index in [2.05, 4.69) is 10.6 Å². The van der Waals surface area contributed by atoms with E-state index in [4.69, 9.17) is 45.3 Å². The van der Waals surface area contributed by atoms with Gasteiger partial charge in [-0.2, -0.15) is 0 Å². The third-order valence-corrected chi connectivity index (χ3v) is 2.71. The summed E-state index contributed by atoms with van der Waals surface area (Å²) in [5.41, 5.74) is 5.75. The van der Waals surface area contributed by atoms with Crippen LogP contribution in [0.25, 0.3) is 0 Å². The van der Waals surface area contributed by atoms with Crippen LogP contribution in [0.4, 0.5) is 11.4 Å². The highest BCUT2D eigenvalue weighted by molar-refractivity contribution is 6.76. The normalized spacial score (nSPS) is 10.8. The number of anilines is 2. The molecule has 0 bridgehead atoms. The minimum atomic E-state index is -2.12. The Morgan fingerprint density at radius 2 is 1.90 bits per heavy atom. The summed E-state index contributed by atoms with van der Waals surface area (Å²) in [6, 6.07) is 4.58. The molecule has 0 atom stereocenters. The van der Waals surface area contributed by atoms with Gasteiger partial charge in [0.25, 0.3) is 9.70 Å². The molecule has 9 heteroatoms. The van der Waals surface area contributed by atoms with Gasteiger partial charge in [-0.15, -0.1) is 0 Å². The highest BCUT2D eigenvalue weighted by Crippen LogP contribution is 2.31. The molecule has 1 aromatic carbocycles. The third kappa shape index (κ3) is 4.72. The number of halogens is 3. The van der Waals surface area contributed by atoms with Crippen molar-refractivity contribution in [1.29, 1.82) is 0 Å². The van der Waals surface area contributed by atoms with Crippen molar-refractivity contribution in [2.75, 3.05) is 24.3 Å². The van der Waals surface area contributed by atoms with Gasteiger partial charge in [-0.3, -0.25) is 9.59 Å². The molecule has 20 heavy (non-hydrogen) atoms. The van der Waals surface area contributed by atoms with Gasteiger partial charge in [-0.25, -0.2) is 0 Å². The first-order valence-corrected chi connectivity index (χ1v) is 6.47. The molecule has 0 fully saturated rings. The molecule has 4 N–H and O–H groups in total. The van der Waals surface area contributed by atoms with Crippen molar-refractivity contribution in [1.82, 2.24) is 0 Å². The van der Waals surface area contributed by atoms with Gasteiger partial charge in [-0.1, -0.05) is 34.8 Å². The Hall–Kier alpha value is -1.21. The first-order valence-electron chi connectivity index (χ1n) is 5.34. The number of nitrogens with one attached hydrogen (secondary N) is 2. The van der Waals surface area contributed by atoms with Crippen LogP contribution >= 0.6 is 34.8 Å². The first-order chi connectivity index (χ1) is 9.27. The lowest BCUT2D eigenvalue weighted by atomic mass is 10.2. The van der Waals surface area contributed by atoms with Crippen molar-refractivity contribution in [3.8, 4) is 5.75 Å². The third-order valence-electron chi connectivity index (χ3n) is 2.19. The summed E-state index contributed by atoms with van der Waals surface area (Å²) in [5, 5.41) is 4.89. The van der Waals surface area contributed by atoms with E-state index in [1.165, 1.54) is 19.2 Å². The van der Waals surface area contributed by atoms with Crippen LogP contribution in [0.3, 0.4) is 0 Å². The lowest BCUT2D eigenvalue weighted by molar-refractivity contribution is -0.116. The van der Waals surface area contributed by atoms with Crippen molar-refractivity contribution in [3.63, 3.8) is 0 Å². The zero-order valence-corrected chi connectivity index (χ0v) is 12.6. The van der Waals surface area contributed by atoms with Gasteiger partial charge in [0.1, 0.15) is 5.75 Å². The summed E-state index contributed by atoms with van der Waals surface area (Å²) >= 11 is 16.4. The van der Waals surface area contributed by atoms with E-state index in [9.17, 15) is 9.59 Å². The number of hydrogen-bond acceptors (Lipinski definition) is 4. The standard InChI is InChI=1S/C11H12Cl3N3O3/c1-20-6-2-3-7(17-10(19)11(12,13)14)8(4-6)16-9(18)5-15/h2-4H,5,15H2,1H3,(H,16,18)(H,17,19). The molecule has 1 rings (SSSR count). The maximum absolute atomic E-state index is 11.6. The first kappa shape index (κ1) is 16.8. The number of nitrogens with two attached hydrogens (primary N) is 1. The molecule has 110 valence electrons. The van der Waals surface area contributed by atoms with Gasteiger partial charge in [0.2, 0.25) is 5.91 Å². The molecule has 1 aromatic rings. The second-order valence-electron chi connectivity index (χ2n) is 3.62. The monoisotopic (exact) mass is 339 g/mol. The zero-order chi connectivity index (χ0) is 15.3. The van der Waals surface area contributed by atoms with E-state index < -0.39 is 15.6 Å². The second-order valence-corrected chi connectivity index (χ2v) is 5.90. The molecule has 0 saturated heterocycles. The van der Waals surface area contributed by atoms with Gasteiger partial charge in [-0.05, 0) is 12.1 Å². The van der Waals surface area contributed by atoms with Crippen LogP contribution in [-0.2, 0) is 9.59 Å². The molecule has 0 heterocycles. The van der Waals surface area contributed by atoms with E-state index in [1.54, 1.807) is 6.07 Å². The van der Waals surface area contributed by atoms with E-state index in [0.29, 0.717) is 5.75 Å². The average Bonchev–Trinajstić information content (AvgIpc) is 2.39. The number of amides is 2. The molecule has 2 amide bonds. The van der Waals surface area contributed by atoms with Crippen molar-refractivity contribution < 1.29 is 14.3 Å². The summed E-state index contributed by atoms with van der Waals surface area (Å²) < 4.78 is 2.91. The number of methoxy groups -OCH3 is 1. The molecule has 0 saturated carbocycles. The summed E-state index contributed by atoms with van der Waals surface area (Å²) in [6.45, 7) is -0.213. The Kier molecular flexibility index (Phi) is 5.88. The van der Waals surface area contributed by atoms with Crippen molar-refractivity contribution >= 4 is 58.0 Å². The van der Waals surface area contributed by atoms with Crippen LogP contribution < -0.4 is 21.1 Å². The SMILES string of the molecule is COc1ccc(NC(=O)C(Cl)(Cl)Cl)c(NC(=O)CN)c1. The summed E-state index contributed by atoms with van der Waals surface area (Å²) in [4.78, 5) is 23.0. The molecule has 6 nitrogen and oxygen atoms in total. The van der Waals surface area contributed by atoms with E-state index in [1.807, 2.05) is 0 Å². The van der Waals surface area contributed by atoms with Crippen LogP contribution in [-0.4, -0.2) is 29.3 Å². The maximum Gasteiger partial charge on any atom is 0.276 e. The minimum absolute atomic E-state index is 0.213. The quantitative estimate of drug-likeness (QED) is 0.730. The molecule has 0 aliphatic rings. The molecular weight excluding hydrogens is 328 g/mol. The van der Waals surface area contributed by atoms with Gasteiger partial charge in [0.05, 0.1) is 25.0 Å². The fourth-order valence-electron chi connectivity index (χ4n) is 1.26. The summed E-state index contributed by atoms with van der Waals surface area (Å²) in [7, 11) is 1.46. The topological polar surface area (TPSA) is 93.5 Å². The highest BCUT2D eigenvalue weighted by atomic mass is 35.6. The number of carbonyl (C=O) groups is 2. The van der Waals surface area contributed by atoms with Gasteiger partial charge >= 0.3 is 0 Å². The largest absolute Gasteiger partial charge is 0.497 e. The lowest BCUT2D eigenvalue weighted by Gasteiger charge is -2.16. The van der Waals surface area contributed by atoms with Crippen LogP contribution in [0.15, 0.2) is 18.2 Å². The van der Waals surface area contributed by atoms with Crippen molar-refractivity contribution in [2.24, 2.45) is 5.73 Å². The van der Waals surface area contributed by atoms with E-state index in [-0.39, 0.29) is 17.9 Å². The Balaban J connectivity index is 3.05. The Morgan fingerprint density at radius 1 is 1.25 bits per heavy atom. The van der Waals surface area contributed by atoms with E-state index in [0.717, 1.165) is 0 Å². The number of carbonyl (C=O) groups excluding carboxylic acids is 2. The fourth-order valence-corrected chi connectivity index (χ4v) is 1.40. The second kappa shape index (κ2) is 6.99. The number of ether oxygens (including phenoxy) is 1. The average molecular weight is 341 g/mol. The predicted molar refractivity (Wildman–Crippen MR) is 79.6 cm³/mol. The number of alkyl halides is 3. The minimum Gasteiger partial charge on any atom is -0.497 e. The summed E-state index contributed by atoms with van der Waals surface area (Å²) in [6.07, 6.45) is 0. The molecule has 0 unspecified atom stereocenters.